The minimum atomic E-state index is -4.74. The Balaban J connectivity index is 2.21. The lowest BCUT2D eigenvalue weighted by atomic mass is 10.1. The Morgan fingerprint density at radius 1 is 1.07 bits per heavy atom. The van der Waals surface area contributed by atoms with Gasteiger partial charge in [0.15, 0.2) is 15.5 Å². The molecule has 1 aromatic heterocycles. The van der Waals surface area contributed by atoms with Gasteiger partial charge in [-0.15, -0.1) is 0 Å². The third-order valence-corrected chi connectivity index (χ3v) is 5.00. The first kappa shape index (κ1) is 19.6. The van der Waals surface area contributed by atoms with Gasteiger partial charge in [-0.05, 0) is 30.3 Å². The van der Waals surface area contributed by atoms with Crippen molar-refractivity contribution in [1.82, 2.24) is 9.78 Å². The summed E-state index contributed by atoms with van der Waals surface area (Å²) >= 11 is 0. The molecule has 0 aliphatic carbocycles. The van der Waals surface area contributed by atoms with Crippen molar-refractivity contribution in [1.29, 1.82) is 5.26 Å². The Hall–Kier alpha value is -3.19. The van der Waals surface area contributed by atoms with Crippen LogP contribution in [0.25, 0.3) is 16.9 Å². The van der Waals surface area contributed by atoms with Crippen molar-refractivity contribution in [2.45, 2.75) is 11.1 Å². The van der Waals surface area contributed by atoms with E-state index in [0.717, 1.165) is 29.1 Å². The standard InChI is InChI=1S/C18H11F4N3O2S/c1-28(26,27)16-7-6-13(8-14(16)19)25-15(9-17(24-25)18(20,21)22)12-4-2-11(10-23)3-5-12/h2-9H,1H3. The molecule has 0 saturated heterocycles. The summed E-state index contributed by atoms with van der Waals surface area (Å²) in [5.74, 6) is -1.10. The Morgan fingerprint density at radius 2 is 1.71 bits per heavy atom. The lowest BCUT2D eigenvalue weighted by Crippen LogP contribution is -2.08. The first-order valence-corrected chi connectivity index (χ1v) is 9.57. The number of nitriles is 1. The van der Waals surface area contributed by atoms with Gasteiger partial charge >= 0.3 is 6.18 Å². The lowest BCUT2D eigenvalue weighted by Gasteiger charge is -2.09. The van der Waals surface area contributed by atoms with Crippen molar-refractivity contribution >= 4 is 9.84 Å². The number of rotatable bonds is 3. The zero-order valence-corrected chi connectivity index (χ0v) is 15.0. The maximum Gasteiger partial charge on any atom is 0.435 e. The Bertz CT molecular complexity index is 1190. The normalized spacial score (nSPS) is 12.0. The predicted molar refractivity (Wildman–Crippen MR) is 91.8 cm³/mol. The first-order chi connectivity index (χ1) is 13.0. The van der Waals surface area contributed by atoms with Gasteiger partial charge in [-0.2, -0.15) is 23.5 Å². The monoisotopic (exact) mass is 409 g/mol. The molecule has 144 valence electrons. The van der Waals surface area contributed by atoms with Gasteiger partial charge in [-0.25, -0.2) is 17.5 Å². The molecule has 0 radical (unpaired) electrons. The maximum atomic E-state index is 14.2. The minimum absolute atomic E-state index is 0.00307. The summed E-state index contributed by atoms with van der Waals surface area (Å²) in [6.45, 7) is 0. The average Bonchev–Trinajstić information content (AvgIpc) is 3.06. The van der Waals surface area contributed by atoms with E-state index in [4.69, 9.17) is 5.26 Å². The Kier molecular flexibility index (Phi) is 4.72. The lowest BCUT2D eigenvalue weighted by molar-refractivity contribution is -0.141. The second-order valence-corrected chi connectivity index (χ2v) is 7.88. The van der Waals surface area contributed by atoms with Gasteiger partial charge in [0.05, 0.1) is 23.0 Å². The summed E-state index contributed by atoms with van der Waals surface area (Å²) in [6.07, 6.45) is -3.92. The summed E-state index contributed by atoms with van der Waals surface area (Å²) < 4.78 is 77.7. The van der Waals surface area contributed by atoms with Crippen LogP contribution in [0.15, 0.2) is 53.4 Å². The second kappa shape index (κ2) is 6.76. The van der Waals surface area contributed by atoms with Crippen LogP contribution in [0.3, 0.4) is 0 Å². The zero-order valence-electron chi connectivity index (χ0n) is 14.2. The summed E-state index contributed by atoms with van der Waals surface area (Å²) in [4.78, 5) is -0.570. The molecule has 1 heterocycles. The van der Waals surface area contributed by atoms with Gasteiger partial charge < -0.3 is 0 Å². The first-order valence-electron chi connectivity index (χ1n) is 7.68. The molecule has 10 heteroatoms. The highest BCUT2D eigenvalue weighted by atomic mass is 32.2. The number of hydrogen-bond acceptors (Lipinski definition) is 4. The molecule has 0 aliphatic rings. The smallest absolute Gasteiger partial charge is 0.232 e. The van der Waals surface area contributed by atoms with E-state index in [2.05, 4.69) is 5.10 Å². The zero-order chi connectivity index (χ0) is 20.7. The number of aromatic nitrogens is 2. The quantitative estimate of drug-likeness (QED) is 0.614. The van der Waals surface area contributed by atoms with Gasteiger partial charge in [0, 0.05) is 17.9 Å². The van der Waals surface area contributed by atoms with Crippen LogP contribution in [-0.2, 0) is 16.0 Å². The molecule has 0 aliphatic heterocycles. The van der Waals surface area contributed by atoms with Crippen LogP contribution in [0.4, 0.5) is 17.6 Å². The van der Waals surface area contributed by atoms with E-state index >= 15 is 0 Å². The van der Waals surface area contributed by atoms with Gasteiger partial charge in [0.1, 0.15) is 10.7 Å². The van der Waals surface area contributed by atoms with E-state index in [-0.39, 0.29) is 11.4 Å². The topological polar surface area (TPSA) is 75.8 Å². The average molecular weight is 409 g/mol. The van der Waals surface area contributed by atoms with Gasteiger partial charge in [-0.1, -0.05) is 12.1 Å². The van der Waals surface area contributed by atoms with Gasteiger partial charge in [0.25, 0.3) is 0 Å². The van der Waals surface area contributed by atoms with Crippen LogP contribution in [0.2, 0.25) is 0 Å². The SMILES string of the molecule is CS(=O)(=O)c1ccc(-n2nc(C(F)(F)F)cc2-c2ccc(C#N)cc2)cc1F. The minimum Gasteiger partial charge on any atom is -0.232 e. The third-order valence-electron chi connectivity index (χ3n) is 3.87. The van der Waals surface area contributed by atoms with Crippen LogP contribution < -0.4 is 0 Å². The summed E-state index contributed by atoms with van der Waals surface area (Å²) in [7, 11) is -3.84. The Morgan fingerprint density at radius 3 is 2.21 bits per heavy atom. The molecule has 0 unspecified atom stereocenters. The number of benzene rings is 2. The van der Waals surface area contributed by atoms with E-state index in [1.807, 2.05) is 6.07 Å². The van der Waals surface area contributed by atoms with Crippen LogP contribution in [0, 0.1) is 17.1 Å². The molecule has 0 bridgehead atoms. The number of hydrogen-bond donors (Lipinski definition) is 0. The molecule has 3 aromatic rings. The molecule has 0 atom stereocenters. The summed E-state index contributed by atoms with van der Waals surface area (Å²) in [5, 5.41) is 12.4. The number of nitrogens with zero attached hydrogens (tertiary/aromatic N) is 3. The van der Waals surface area contributed by atoms with Crippen LogP contribution in [-0.4, -0.2) is 24.5 Å². The molecular weight excluding hydrogens is 398 g/mol. The maximum absolute atomic E-state index is 14.2. The molecule has 0 amide bonds. The van der Waals surface area contributed by atoms with Crippen molar-refractivity contribution in [2.75, 3.05) is 6.26 Å². The van der Waals surface area contributed by atoms with Gasteiger partial charge in [-0.3, -0.25) is 0 Å². The molecule has 5 nitrogen and oxygen atoms in total. The number of sulfone groups is 1. The summed E-state index contributed by atoms with van der Waals surface area (Å²) in [5.41, 5.74) is -0.647. The molecule has 2 aromatic carbocycles. The van der Waals surface area contributed by atoms with Crippen molar-refractivity contribution in [3.8, 4) is 23.0 Å². The molecular formula is C18H11F4N3O2S. The molecule has 0 spiro atoms. The van der Waals surface area contributed by atoms with E-state index in [0.29, 0.717) is 11.1 Å². The highest BCUT2D eigenvalue weighted by molar-refractivity contribution is 7.90. The largest absolute Gasteiger partial charge is 0.435 e. The van der Waals surface area contributed by atoms with E-state index in [1.54, 1.807) is 0 Å². The number of alkyl halides is 3. The third kappa shape index (κ3) is 3.75. The highest BCUT2D eigenvalue weighted by Gasteiger charge is 2.35. The van der Waals surface area contributed by atoms with Crippen LogP contribution >= 0.6 is 0 Å². The van der Waals surface area contributed by atoms with Crippen LogP contribution in [0.1, 0.15) is 11.3 Å². The molecule has 3 rings (SSSR count). The second-order valence-electron chi connectivity index (χ2n) is 5.90. The van der Waals surface area contributed by atoms with Crippen molar-refractivity contribution in [3.05, 3.63) is 65.6 Å². The van der Waals surface area contributed by atoms with E-state index in [9.17, 15) is 26.0 Å². The van der Waals surface area contributed by atoms with E-state index < -0.39 is 32.4 Å². The fourth-order valence-corrected chi connectivity index (χ4v) is 3.29. The predicted octanol–water partition coefficient (Wildman–Crippen LogP) is 3.97. The van der Waals surface area contributed by atoms with Gasteiger partial charge in [0.2, 0.25) is 0 Å². The fraction of sp³-hybridized carbons (Fsp3) is 0.111. The molecule has 0 saturated carbocycles. The van der Waals surface area contributed by atoms with Crippen molar-refractivity contribution < 1.29 is 26.0 Å². The summed E-state index contributed by atoms with van der Waals surface area (Å²) in [6, 6.07) is 11.4. The van der Waals surface area contributed by atoms with Crippen LogP contribution in [0.5, 0.6) is 0 Å². The number of halogens is 4. The highest BCUT2D eigenvalue weighted by Crippen LogP contribution is 2.33. The molecule has 0 N–H and O–H groups in total. The fourth-order valence-electron chi connectivity index (χ4n) is 2.56. The van der Waals surface area contributed by atoms with E-state index in [1.165, 1.54) is 30.3 Å². The molecule has 0 fully saturated rings. The molecule has 28 heavy (non-hydrogen) atoms. The van der Waals surface area contributed by atoms with Crippen molar-refractivity contribution in [3.63, 3.8) is 0 Å². The van der Waals surface area contributed by atoms with Crippen molar-refractivity contribution in [2.24, 2.45) is 0 Å². The Labute approximate surface area is 157 Å².